The Hall–Kier alpha value is -2.36. The number of alkyl halides is 3. The molecule has 2 aromatic rings. The van der Waals surface area contributed by atoms with Crippen LogP contribution in [0.1, 0.15) is 28.9 Å². The fraction of sp³-hybridized carbons (Fsp3) is 0.450. The van der Waals surface area contributed by atoms with E-state index in [1.165, 1.54) is 0 Å². The summed E-state index contributed by atoms with van der Waals surface area (Å²) in [6.45, 7) is 3.77. The number of hydrogen-bond acceptors (Lipinski definition) is 4. The van der Waals surface area contributed by atoms with E-state index < -0.39 is 11.9 Å². The van der Waals surface area contributed by atoms with Gasteiger partial charge in [0.05, 0.1) is 11.0 Å². The van der Waals surface area contributed by atoms with Gasteiger partial charge in [-0.3, -0.25) is 14.6 Å². The molecular formula is C20H20BrF3N4O2. The molecule has 10 heteroatoms. The topological polar surface area (TPSA) is 58.4 Å². The molecule has 0 bridgehead atoms. The van der Waals surface area contributed by atoms with Gasteiger partial charge >= 0.3 is 6.18 Å². The van der Waals surface area contributed by atoms with E-state index in [0.717, 1.165) is 29.1 Å². The summed E-state index contributed by atoms with van der Waals surface area (Å²) in [6, 6.07) is 2.59. The molecule has 0 spiro atoms. The fourth-order valence-electron chi connectivity index (χ4n) is 4.05. The zero-order valence-electron chi connectivity index (χ0n) is 16.5. The standard InChI is InChI=1S/C20H20BrF3N4O2/c1-11-14-9-28(10-15(14)26(2)19(30)18(11)21)17(29)5-12-7-27(8-12)13-3-4-25-16(6-13)20(22,23)24/h3-4,6,12H,5,7-10H2,1-2H3. The molecule has 2 aliphatic rings. The summed E-state index contributed by atoms with van der Waals surface area (Å²) in [6.07, 6.45) is -2.99. The van der Waals surface area contributed by atoms with Gasteiger partial charge in [-0.25, -0.2) is 0 Å². The van der Waals surface area contributed by atoms with Crippen LogP contribution in [0.3, 0.4) is 0 Å². The zero-order valence-corrected chi connectivity index (χ0v) is 18.0. The maximum Gasteiger partial charge on any atom is 0.433 e. The minimum atomic E-state index is -4.48. The Morgan fingerprint density at radius 3 is 2.67 bits per heavy atom. The fourth-order valence-corrected chi connectivity index (χ4v) is 4.56. The molecule has 6 nitrogen and oxygen atoms in total. The number of anilines is 1. The Morgan fingerprint density at radius 2 is 2.00 bits per heavy atom. The third kappa shape index (κ3) is 3.61. The first-order chi connectivity index (χ1) is 14.1. The summed E-state index contributed by atoms with van der Waals surface area (Å²) < 4.78 is 40.6. The number of carbonyl (C=O) groups is 1. The maximum absolute atomic E-state index is 12.8. The lowest BCUT2D eigenvalue weighted by atomic mass is 9.95. The SMILES string of the molecule is Cc1c2c(n(C)c(=O)c1Br)CN(C(=O)CC1CN(c3ccnc(C(F)(F)F)c3)C1)C2. The molecule has 1 saturated heterocycles. The molecule has 0 saturated carbocycles. The van der Waals surface area contributed by atoms with E-state index in [2.05, 4.69) is 20.9 Å². The van der Waals surface area contributed by atoms with Crippen LogP contribution in [0, 0.1) is 12.8 Å². The molecule has 0 aliphatic carbocycles. The Labute approximate surface area is 179 Å². The molecule has 0 N–H and O–H groups in total. The van der Waals surface area contributed by atoms with Gasteiger partial charge in [-0.15, -0.1) is 0 Å². The van der Waals surface area contributed by atoms with Gasteiger partial charge in [-0.1, -0.05) is 0 Å². The molecule has 30 heavy (non-hydrogen) atoms. The molecule has 0 aromatic carbocycles. The van der Waals surface area contributed by atoms with Gasteiger partial charge in [-0.2, -0.15) is 13.2 Å². The average molecular weight is 485 g/mol. The lowest BCUT2D eigenvalue weighted by Crippen LogP contribution is -2.48. The molecule has 0 atom stereocenters. The highest BCUT2D eigenvalue weighted by molar-refractivity contribution is 9.10. The highest BCUT2D eigenvalue weighted by Gasteiger charge is 2.36. The van der Waals surface area contributed by atoms with Crippen molar-refractivity contribution in [1.29, 1.82) is 0 Å². The number of rotatable bonds is 3. The van der Waals surface area contributed by atoms with Crippen molar-refractivity contribution >= 4 is 27.5 Å². The maximum atomic E-state index is 12.8. The predicted octanol–water partition coefficient (Wildman–Crippen LogP) is 3.24. The van der Waals surface area contributed by atoms with Gasteiger partial charge in [0.1, 0.15) is 5.69 Å². The quantitative estimate of drug-likeness (QED) is 0.670. The van der Waals surface area contributed by atoms with Crippen LogP contribution in [0.15, 0.2) is 27.6 Å². The second kappa shape index (κ2) is 7.40. The summed E-state index contributed by atoms with van der Waals surface area (Å²) in [5, 5.41) is 0. The van der Waals surface area contributed by atoms with E-state index in [4.69, 9.17) is 0 Å². The molecule has 0 unspecified atom stereocenters. The molecule has 4 rings (SSSR count). The number of nitrogens with zero attached hydrogens (tertiary/aromatic N) is 4. The molecule has 0 radical (unpaired) electrons. The van der Waals surface area contributed by atoms with Gasteiger partial charge in [0.2, 0.25) is 5.91 Å². The van der Waals surface area contributed by atoms with Crippen LogP contribution in [0.5, 0.6) is 0 Å². The summed E-state index contributed by atoms with van der Waals surface area (Å²) in [5.74, 6) is 0.0740. The number of aromatic nitrogens is 2. The highest BCUT2D eigenvalue weighted by Crippen LogP contribution is 2.34. The van der Waals surface area contributed by atoms with Crippen molar-refractivity contribution in [3.8, 4) is 0 Å². The molecule has 4 heterocycles. The van der Waals surface area contributed by atoms with Crippen molar-refractivity contribution in [2.24, 2.45) is 13.0 Å². The van der Waals surface area contributed by atoms with Crippen LogP contribution in [-0.2, 0) is 31.1 Å². The summed E-state index contributed by atoms with van der Waals surface area (Å²) >= 11 is 3.33. The normalized spacial score (nSPS) is 16.6. The summed E-state index contributed by atoms with van der Waals surface area (Å²) in [7, 11) is 1.70. The summed E-state index contributed by atoms with van der Waals surface area (Å²) in [5.41, 5.74) is 2.12. The van der Waals surface area contributed by atoms with Crippen molar-refractivity contribution in [2.45, 2.75) is 32.6 Å². The van der Waals surface area contributed by atoms with Crippen molar-refractivity contribution in [1.82, 2.24) is 14.5 Å². The van der Waals surface area contributed by atoms with E-state index in [-0.39, 0.29) is 17.4 Å². The minimum absolute atomic E-state index is 0.00969. The van der Waals surface area contributed by atoms with Crippen LogP contribution in [0.2, 0.25) is 0 Å². The number of carbonyl (C=O) groups excluding carboxylic acids is 1. The number of hydrogen-bond donors (Lipinski definition) is 0. The minimum Gasteiger partial charge on any atom is -0.371 e. The van der Waals surface area contributed by atoms with Crippen LogP contribution in [0.4, 0.5) is 18.9 Å². The Balaban J connectivity index is 1.38. The smallest absolute Gasteiger partial charge is 0.371 e. The largest absolute Gasteiger partial charge is 0.433 e. The molecule has 1 amide bonds. The summed E-state index contributed by atoms with van der Waals surface area (Å²) in [4.78, 5) is 32.0. The van der Waals surface area contributed by atoms with Gasteiger partial charge in [0, 0.05) is 56.6 Å². The highest BCUT2D eigenvalue weighted by atomic mass is 79.9. The monoisotopic (exact) mass is 484 g/mol. The van der Waals surface area contributed by atoms with E-state index in [0.29, 0.717) is 42.8 Å². The second-order valence-corrected chi connectivity index (χ2v) is 8.64. The Bertz CT molecular complexity index is 1080. The van der Waals surface area contributed by atoms with Crippen molar-refractivity contribution in [2.75, 3.05) is 18.0 Å². The first-order valence-corrected chi connectivity index (χ1v) is 10.3. The molecule has 2 aromatic heterocycles. The Morgan fingerprint density at radius 1 is 1.30 bits per heavy atom. The molecular weight excluding hydrogens is 465 g/mol. The van der Waals surface area contributed by atoms with Crippen LogP contribution >= 0.6 is 15.9 Å². The van der Waals surface area contributed by atoms with Gasteiger partial charge < -0.3 is 14.4 Å². The van der Waals surface area contributed by atoms with Crippen LogP contribution in [-0.4, -0.2) is 33.4 Å². The van der Waals surface area contributed by atoms with E-state index in [1.54, 1.807) is 22.6 Å². The van der Waals surface area contributed by atoms with E-state index in [1.807, 2.05) is 11.8 Å². The lowest BCUT2D eigenvalue weighted by Gasteiger charge is -2.41. The first kappa shape index (κ1) is 20.9. The van der Waals surface area contributed by atoms with E-state index >= 15 is 0 Å². The number of amides is 1. The molecule has 2 aliphatic heterocycles. The van der Waals surface area contributed by atoms with Gasteiger partial charge in [0.15, 0.2) is 0 Å². The lowest BCUT2D eigenvalue weighted by molar-refractivity contribution is -0.141. The molecule has 1 fully saturated rings. The molecule has 160 valence electrons. The predicted molar refractivity (Wildman–Crippen MR) is 108 cm³/mol. The number of fused-ring (bicyclic) bond motifs is 1. The van der Waals surface area contributed by atoms with Crippen LogP contribution in [0.25, 0.3) is 0 Å². The van der Waals surface area contributed by atoms with Gasteiger partial charge in [-0.05, 0) is 46.1 Å². The van der Waals surface area contributed by atoms with E-state index in [9.17, 15) is 22.8 Å². The first-order valence-electron chi connectivity index (χ1n) is 9.49. The van der Waals surface area contributed by atoms with Crippen molar-refractivity contribution in [3.63, 3.8) is 0 Å². The Kier molecular flexibility index (Phi) is 5.16. The van der Waals surface area contributed by atoms with Crippen molar-refractivity contribution < 1.29 is 18.0 Å². The second-order valence-electron chi connectivity index (χ2n) is 7.85. The van der Waals surface area contributed by atoms with Gasteiger partial charge in [0.25, 0.3) is 5.56 Å². The number of halogens is 4. The zero-order chi connectivity index (χ0) is 21.8. The third-order valence-electron chi connectivity index (χ3n) is 5.89. The third-order valence-corrected chi connectivity index (χ3v) is 6.82. The number of pyridine rings is 2. The van der Waals surface area contributed by atoms with Crippen LogP contribution < -0.4 is 10.5 Å². The average Bonchev–Trinajstić information content (AvgIpc) is 3.12. The van der Waals surface area contributed by atoms with Crippen molar-refractivity contribution in [3.05, 3.63) is 55.7 Å².